The van der Waals surface area contributed by atoms with E-state index in [0.29, 0.717) is 29.4 Å². The molecule has 116 valence electrons. The molecule has 6 nitrogen and oxygen atoms in total. The third kappa shape index (κ3) is 4.16. The number of hydrogen-bond donors (Lipinski definition) is 1. The van der Waals surface area contributed by atoms with E-state index in [2.05, 4.69) is 10.4 Å². The zero-order valence-electron chi connectivity index (χ0n) is 12.1. The molecule has 2 rings (SSSR count). The highest BCUT2D eigenvalue weighted by molar-refractivity contribution is 6.33. The van der Waals surface area contributed by atoms with Gasteiger partial charge in [0.15, 0.2) is 0 Å². The summed E-state index contributed by atoms with van der Waals surface area (Å²) in [7, 11) is 1.55. The molecule has 7 heteroatoms. The number of methoxy groups -OCH3 is 1. The lowest BCUT2D eigenvalue weighted by Crippen LogP contribution is -2.35. The first-order chi connectivity index (χ1) is 10.6. The molecule has 0 spiro atoms. The minimum Gasteiger partial charge on any atom is -0.383 e. The quantitative estimate of drug-likeness (QED) is 0.815. The Morgan fingerprint density at radius 1 is 1.32 bits per heavy atom. The fourth-order valence-corrected chi connectivity index (χ4v) is 2.09. The summed E-state index contributed by atoms with van der Waals surface area (Å²) < 4.78 is 5.95. The van der Waals surface area contributed by atoms with Crippen molar-refractivity contribution in [3.63, 3.8) is 0 Å². The lowest BCUT2D eigenvalue weighted by Gasteiger charge is -2.08. The Balaban J connectivity index is 2.19. The molecule has 1 aromatic carbocycles. The standard InChI is InChI=1S/C15H16ClN3O3/c1-22-9-8-17-14(20)10-19-15(21)7-6-13(18-19)11-4-2-3-5-12(11)16/h2-7H,8-10H2,1H3,(H,17,20). The summed E-state index contributed by atoms with van der Waals surface area (Å²) in [5, 5.41) is 7.37. The number of nitrogens with zero attached hydrogens (tertiary/aromatic N) is 2. The maximum atomic E-state index is 11.8. The molecule has 0 radical (unpaired) electrons. The second-order valence-corrected chi connectivity index (χ2v) is 4.94. The van der Waals surface area contributed by atoms with Gasteiger partial charge < -0.3 is 10.1 Å². The summed E-state index contributed by atoms with van der Waals surface area (Å²) >= 11 is 6.12. The van der Waals surface area contributed by atoms with Crippen LogP contribution in [0.1, 0.15) is 0 Å². The third-order valence-electron chi connectivity index (χ3n) is 2.94. The predicted octanol–water partition coefficient (Wildman–Crippen LogP) is 1.33. The van der Waals surface area contributed by atoms with Gasteiger partial charge in [-0.15, -0.1) is 0 Å². The molecule has 0 saturated carbocycles. The summed E-state index contributed by atoms with van der Waals surface area (Å²) in [6.45, 7) is 0.642. The maximum absolute atomic E-state index is 11.8. The van der Waals surface area contributed by atoms with Crippen molar-refractivity contribution < 1.29 is 9.53 Å². The van der Waals surface area contributed by atoms with Gasteiger partial charge in [0.1, 0.15) is 6.54 Å². The van der Waals surface area contributed by atoms with Crippen LogP contribution in [0.2, 0.25) is 5.02 Å². The van der Waals surface area contributed by atoms with Gasteiger partial charge in [-0.2, -0.15) is 5.10 Å². The molecule has 0 aliphatic heterocycles. The van der Waals surface area contributed by atoms with E-state index in [1.54, 1.807) is 25.3 Å². The van der Waals surface area contributed by atoms with Crippen molar-refractivity contribution in [2.75, 3.05) is 20.3 Å². The molecule has 1 aromatic heterocycles. The molecule has 0 fully saturated rings. The largest absolute Gasteiger partial charge is 0.383 e. The second-order valence-electron chi connectivity index (χ2n) is 4.54. The van der Waals surface area contributed by atoms with E-state index in [4.69, 9.17) is 16.3 Å². The number of hydrogen-bond acceptors (Lipinski definition) is 4. The predicted molar refractivity (Wildman–Crippen MR) is 83.8 cm³/mol. The normalized spacial score (nSPS) is 10.5. The smallest absolute Gasteiger partial charge is 0.267 e. The molecule has 1 heterocycles. The number of nitrogens with one attached hydrogen (secondary N) is 1. The first-order valence-electron chi connectivity index (χ1n) is 6.70. The van der Waals surface area contributed by atoms with Crippen molar-refractivity contribution in [2.24, 2.45) is 0 Å². The van der Waals surface area contributed by atoms with Crippen LogP contribution in [0, 0.1) is 0 Å². The second kappa shape index (κ2) is 7.72. The Morgan fingerprint density at radius 2 is 2.09 bits per heavy atom. The minimum atomic E-state index is -0.349. The van der Waals surface area contributed by atoms with Gasteiger partial charge in [0.05, 0.1) is 17.3 Å². The van der Waals surface area contributed by atoms with Gasteiger partial charge in [0, 0.05) is 25.3 Å². The molecule has 1 N–H and O–H groups in total. The Hall–Kier alpha value is -2.18. The summed E-state index contributed by atoms with van der Waals surface area (Å²) in [6, 6.07) is 10.1. The van der Waals surface area contributed by atoms with Gasteiger partial charge in [0.2, 0.25) is 5.91 Å². The molecule has 0 aliphatic rings. The summed E-state index contributed by atoms with van der Waals surface area (Å²) in [4.78, 5) is 23.6. The van der Waals surface area contributed by atoms with Gasteiger partial charge in [0.25, 0.3) is 5.56 Å². The van der Waals surface area contributed by atoms with E-state index in [0.717, 1.165) is 4.68 Å². The average molecular weight is 322 g/mol. The summed E-state index contributed by atoms with van der Waals surface area (Å²) in [6.07, 6.45) is 0. The number of aromatic nitrogens is 2. The number of carbonyl (C=O) groups excluding carboxylic acids is 1. The SMILES string of the molecule is COCCNC(=O)Cn1nc(-c2ccccc2Cl)ccc1=O. The van der Waals surface area contributed by atoms with Gasteiger partial charge in [-0.3, -0.25) is 9.59 Å². The summed E-state index contributed by atoms with van der Waals surface area (Å²) in [5.74, 6) is -0.303. The van der Waals surface area contributed by atoms with Crippen LogP contribution in [0.5, 0.6) is 0 Å². The number of ether oxygens (including phenoxy) is 1. The molecule has 1 amide bonds. The third-order valence-corrected chi connectivity index (χ3v) is 3.27. The number of halogens is 1. The molecule has 22 heavy (non-hydrogen) atoms. The van der Waals surface area contributed by atoms with Crippen molar-refractivity contribution in [1.29, 1.82) is 0 Å². The lowest BCUT2D eigenvalue weighted by atomic mass is 10.1. The van der Waals surface area contributed by atoms with Crippen LogP contribution in [-0.2, 0) is 16.1 Å². The number of rotatable bonds is 6. The lowest BCUT2D eigenvalue weighted by molar-refractivity contribution is -0.122. The van der Waals surface area contributed by atoms with Crippen LogP contribution in [0.15, 0.2) is 41.2 Å². The van der Waals surface area contributed by atoms with Crippen LogP contribution in [0.4, 0.5) is 0 Å². The number of carbonyl (C=O) groups is 1. The van der Waals surface area contributed by atoms with Crippen molar-refractivity contribution >= 4 is 17.5 Å². The molecular formula is C15H16ClN3O3. The van der Waals surface area contributed by atoms with Gasteiger partial charge in [-0.1, -0.05) is 29.8 Å². The van der Waals surface area contributed by atoms with Crippen LogP contribution in [0.25, 0.3) is 11.3 Å². The molecule has 0 saturated heterocycles. The van der Waals surface area contributed by atoms with E-state index < -0.39 is 0 Å². The molecule has 0 atom stereocenters. The van der Waals surface area contributed by atoms with Gasteiger partial charge in [-0.05, 0) is 12.1 Å². The van der Waals surface area contributed by atoms with Crippen LogP contribution in [-0.4, -0.2) is 35.9 Å². The highest BCUT2D eigenvalue weighted by atomic mass is 35.5. The van der Waals surface area contributed by atoms with E-state index in [9.17, 15) is 9.59 Å². The average Bonchev–Trinajstić information content (AvgIpc) is 2.50. The van der Waals surface area contributed by atoms with E-state index in [1.807, 2.05) is 12.1 Å². The number of benzene rings is 1. The zero-order valence-corrected chi connectivity index (χ0v) is 12.8. The summed E-state index contributed by atoms with van der Waals surface area (Å²) in [5.41, 5.74) is 0.894. The van der Waals surface area contributed by atoms with Crippen LogP contribution >= 0.6 is 11.6 Å². The first kappa shape index (κ1) is 16.2. The Morgan fingerprint density at radius 3 is 2.82 bits per heavy atom. The zero-order chi connectivity index (χ0) is 15.9. The molecule has 0 bridgehead atoms. The molecule has 2 aromatic rings. The monoisotopic (exact) mass is 321 g/mol. The minimum absolute atomic E-state index is 0.152. The maximum Gasteiger partial charge on any atom is 0.267 e. The van der Waals surface area contributed by atoms with E-state index in [-0.39, 0.29) is 18.0 Å². The Bertz CT molecular complexity index is 715. The fraction of sp³-hybridized carbons (Fsp3) is 0.267. The number of amides is 1. The van der Waals surface area contributed by atoms with Crippen molar-refractivity contribution in [1.82, 2.24) is 15.1 Å². The van der Waals surface area contributed by atoms with E-state index >= 15 is 0 Å². The molecule has 0 aliphatic carbocycles. The molecule has 0 unspecified atom stereocenters. The topological polar surface area (TPSA) is 73.2 Å². The first-order valence-corrected chi connectivity index (χ1v) is 7.08. The van der Waals surface area contributed by atoms with Crippen LogP contribution in [0.3, 0.4) is 0 Å². The molecular weight excluding hydrogens is 306 g/mol. The van der Waals surface area contributed by atoms with Crippen LogP contribution < -0.4 is 10.9 Å². The highest BCUT2D eigenvalue weighted by Crippen LogP contribution is 2.24. The van der Waals surface area contributed by atoms with Gasteiger partial charge in [-0.25, -0.2) is 4.68 Å². The highest BCUT2D eigenvalue weighted by Gasteiger charge is 2.09. The van der Waals surface area contributed by atoms with E-state index in [1.165, 1.54) is 6.07 Å². The Labute approximate surface area is 132 Å². The Kier molecular flexibility index (Phi) is 5.68. The fourth-order valence-electron chi connectivity index (χ4n) is 1.86. The van der Waals surface area contributed by atoms with Crippen molar-refractivity contribution in [2.45, 2.75) is 6.54 Å². The van der Waals surface area contributed by atoms with Crippen molar-refractivity contribution in [3.8, 4) is 11.3 Å². The van der Waals surface area contributed by atoms with Gasteiger partial charge >= 0.3 is 0 Å². The van der Waals surface area contributed by atoms with Crippen molar-refractivity contribution in [3.05, 3.63) is 51.8 Å².